The molecule has 0 saturated carbocycles. The van der Waals surface area contributed by atoms with Crippen molar-refractivity contribution in [2.24, 2.45) is 5.84 Å². The number of nitrogens with two attached hydrogens (primary N) is 1. The van der Waals surface area contributed by atoms with Crippen LogP contribution in [0.4, 0.5) is 13.2 Å². The molecule has 3 N–H and O–H groups in total. The first-order valence-electron chi connectivity index (χ1n) is 3.67. The van der Waals surface area contributed by atoms with E-state index in [4.69, 9.17) is 5.84 Å². The molecule has 1 aromatic carbocycles. The van der Waals surface area contributed by atoms with E-state index in [1.807, 2.05) is 0 Å². The van der Waals surface area contributed by atoms with Crippen LogP contribution in [0.3, 0.4) is 0 Å². The van der Waals surface area contributed by atoms with Gasteiger partial charge in [-0.15, -0.1) is 0 Å². The fourth-order valence-corrected chi connectivity index (χ4v) is 1.52. The number of rotatable bonds is 2. The molecule has 0 spiro atoms. The molecule has 0 radical (unpaired) electrons. The van der Waals surface area contributed by atoms with Crippen molar-refractivity contribution in [2.45, 2.75) is 11.1 Å². The maximum atomic E-state index is 12.1. The van der Waals surface area contributed by atoms with Gasteiger partial charge >= 0.3 is 6.18 Å². The Bertz CT molecular complexity index is 438. The van der Waals surface area contributed by atoms with Gasteiger partial charge < -0.3 is 0 Å². The normalized spacial score (nSPS) is 12.8. The highest BCUT2D eigenvalue weighted by atomic mass is 32.2. The molecule has 0 atom stereocenters. The predicted octanol–water partition coefficient (Wildman–Crippen LogP) is 0.857. The van der Waals surface area contributed by atoms with Gasteiger partial charge in [-0.2, -0.15) is 18.0 Å². The Labute approximate surface area is 83.9 Å². The predicted molar refractivity (Wildman–Crippen MR) is 46.0 cm³/mol. The van der Waals surface area contributed by atoms with Crippen molar-refractivity contribution in [3.8, 4) is 0 Å². The Morgan fingerprint density at radius 1 is 1.13 bits per heavy atom. The zero-order valence-electron chi connectivity index (χ0n) is 7.25. The summed E-state index contributed by atoms with van der Waals surface area (Å²) in [4.78, 5) is 1.19. The zero-order valence-corrected chi connectivity index (χ0v) is 8.06. The lowest BCUT2D eigenvalue weighted by Gasteiger charge is -2.07. The third kappa shape index (κ3) is 2.67. The topological polar surface area (TPSA) is 72.2 Å². The highest BCUT2D eigenvalue weighted by Gasteiger charge is 2.30. The van der Waals surface area contributed by atoms with E-state index in [0.29, 0.717) is 12.1 Å². The van der Waals surface area contributed by atoms with Crippen molar-refractivity contribution in [3.63, 3.8) is 0 Å². The molecule has 1 aromatic rings. The van der Waals surface area contributed by atoms with Gasteiger partial charge in [-0.05, 0) is 24.3 Å². The van der Waals surface area contributed by atoms with Crippen LogP contribution in [-0.4, -0.2) is 8.42 Å². The van der Waals surface area contributed by atoms with E-state index in [1.165, 1.54) is 4.83 Å². The molecular weight excluding hydrogens is 233 g/mol. The molecule has 0 saturated heterocycles. The van der Waals surface area contributed by atoms with Gasteiger partial charge in [0.25, 0.3) is 10.0 Å². The number of alkyl halides is 3. The van der Waals surface area contributed by atoms with Gasteiger partial charge in [0.05, 0.1) is 10.5 Å². The van der Waals surface area contributed by atoms with E-state index in [0.717, 1.165) is 12.1 Å². The number of halogens is 3. The van der Waals surface area contributed by atoms with E-state index >= 15 is 0 Å². The van der Waals surface area contributed by atoms with Crippen molar-refractivity contribution >= 4 is 10.0 Å². The Kier molecular flexibility index (Phi) is 3.03. The summed E-state index contributed by atoms with van der Waals surface area (Å²) in [7, 11) is -3.90. The third-order valence-corrected chi connectivity index (χ3v) is 2.85. The van der Waals surface area contributed by atoms with Crippen LogP contribution in [0.15, 0.2) is 29.2 Å². The van der Waals surface area contributed by atoms with Crippen LogP contribution in [0.2, 0.25) is 0 Å². The number of hydrogen-bond acceptors (Lipinski definition) is 3. The first-order valence-corrected chi connectivity index (χ1v) is 5.15. The minimum absolute atomic E-state index is 0.321. The highest BCUT2D eigenvalue weighted by Crippen LogP contribution is 2.29. The molecule has 0 fully saturated rings. The van der Waals surface area contributed by atoms with E-state index < -0.39 is 21.8 Å². The van der Waals surface area contributed by atoms with E-state index in [9.17, 15) is 21.6 Å². The molecule has 0 aromatic heterocycles. The smallest absolute Gasteiger partial charge is 0.257 e. The molecule has 15 heavy (non-hydrogen) atoms. The summed E-state index contributed by atoms with van der Waals surface area (Å²) in [6.07, 6.45) is -4.49. The second kappa shape index (κ2) is 3.80. The van der Waals surface area contributed by atoms with Crippen LogP contribution in [0.1, 0.15) is 5.56 Å². The Hall–Kier alpha value is -1.12. The first-order chi connectivity index (χ1) is 6.77. The molecule has 0 bridgehead atoms. The van der Waals surface area contributed by atoms with Crippen LogP contribution >= 0.6 is 0 Å². The molecule has 0 aliphatic heterocycles. The summed E-state index contributed by atoms with van der Waals surface area (Å²) >= 11 is 0. The lowest BCUT2D eigenvalue weighted by atomic mass is 10.2. The molecule has 0 aliphatic rings. The standard InChI is InChI=1S/C7H7F3N2O2S/c8-7(9,10)5-1-3-6(4-2-5)15(13,14)12-11/h1-4,12H,11H2. The Morgan fingerprint density at radius 2 is 1.60 bits per heavy atom. The molecule has 8 heteroatoms. The van der Waals surface area contributed by atoms with E-state index in [1.54, 1.807) is 0 Å². The fraction of sp³-hybridized carbons (Fsp3) is 0.143. The highest BCUT2D eigenvalue weighted by molar-refractivity contribution is 7.89. The maximum Gasteiger partial charge on any atom is 0.416 e. The Morgan fingerprint density at radius 3 is 1.93 bits per heavy atom. The molecular formula is C7H7F3N2O2S. The minimum atomic E-state index is -4.49. The average molecular weight is 240 g/mol. The summed E-state index contributed by atoms with van der Waals surface area (Å²) in [6.45, 7) is 0. The van der Waals surface area contributed by atoms with Gasteiger partial charge in [0, 0.05) is 0 Å². The lowest BCUT2D eigenvalue weighted by Crippen LogP contribution is -2.30. The largest absolute Gasteiger partial charge is 0.416 e. The molecule has 0 amide bonds. The summed E-state index contributed by atoms with van der Waals surface area (Å²) in [5.74, 6) is 4.70. The van der Waals surface area contributed by atoms with Gasteiger partial charge in [0.15, 0.2) is 0 Å². The minimum Gasteiger partial charge on any atom is -0.257 e. The monoisotopic (exact) mass is 240 g/mol. The van der Waals surface area contributed by atoms with Crippen molar-refractivity contribution in [1.82, 2.24) is 4.83 Å². The van der Waals surface area contributed by atoms with Gasteiger partial charge in [-0.3, -0.25) is 5.84 Å². The molecule has 4 nitrogen and oxygen atoms in total. The molecule has 1 rings (SSSR count). The number of hydrogen-bond donors (Lipinski definition) is 2. The third-order valence-electron chi connectivity index (χ3n) is 1.65. The van der Waals surface area contributed by atoms with Crippen LogP contribution < -0.4 is 10.7 Å². The molecule has 84 valence electrons. The SMILES string of the molecule is NNS(=O)(=O)c1ccc(C(F)(F)F)cc1. The fourth-order valence-electron chi connectivity index (χ4n) is 0.891. The van der Waals surface area contributed by atoms with E-state index in [-0.39, 0.29) is 4.90 Å². The zero-order chi connectivity index (χ0) is 11.7. The summed E-state index contributed by atoms with van der Waals surface area (Å²) in [5.41, 5.74) is -0.918. The first kappa shape index (κ1) is 12.0. The van der Waals surface area contributed by atoms with Crippen LogP contribution in [0.25, 0.3) is 0 Å². The second-order valence-corrected chi connectivity index (χ2v) is 4.36. The maximum absolute atomic E-state index is 12.1. The number of nitrogens with one attached hydrogen (secondary N) is 1. The van der Waals surface area contributed by atoms with Crippen LogP contribution in [-0.2, 0) is 16.2 Å². The quantitative estimate of drug-likeness (QED) is 0.594. The molecule has 0 aliphatic carbocycles. The van der Waals surface area contributed by atoms with Gasteiger partial charge in [-0.1, -0.05) is 0 Å². The summed E-state index contributed by atoms with van der Waals surface area (Å²) in [5, 5.41) is 0. The van der Waals surface area contributed by atoms with Gasteiger partial charge in [-0.25, -0.2) is 8.42 Å². The van der Waals surface area contributed by atoms with Crippen molar-refractivity contribution in [3.05, 3.63) is 29.8 Å². The molecule has 0 heterocycles. The number of sulfonamides is 1. The van der Waals surface area contributed by atoms with Crippen molar-refractivity contribution < 1.29 is 21.6 Å². The lowest BCUT2D eigenvalue weighted by molar-refractivity contribution is -0.137. The number of hydrazine groups is 1. The Balaban J connectivity index is 3.12. The van der Waals surface area contributed by atoms with Crippen LogP contribution in [0.5, 0.6) is 0 Å². The van der Waals surface area contributed by atoms with Crippen molar-refractivity contribution in [1.29, 1.82) is 0 Å². The van der Waals surface area contributed by atoms with Gasteiger partial charge in [0.2, 0.25) is 0 Å². The van der Waals surface area contributed by atoms with Crippen molar-refractivity contribution in [2.75, 3.05) is 0 Å². The van der Waals surface area contributed by atoms with Gasteiger partial charge in [0.1, 0.15) is 0 Å². The second-order valence-electron chi connectivity index (χ2n) is 2.64. The average Bonchev–Trinajstić information content (AvgIpc) is 2.17. The summed E-state index contributed by atoms with van der Waals surface area (Å²) in [6, 6.07) is 3.00. The van der Waals surface area contributed by atoms with Crippen LogP contribution in [0, 0.1) is 0 Å². The van der Waals surface area contributed by atoms with E-state index in [2.05, 4.69) is 0 Å². The molecule has 0 unspecified atom stereocenters. The number of benzene rings is 1. The summed E-state index contributed by atoms with van der Waals surface area (Å²) < 4.78 is 58.4.